The number of benzene rings is 2. The van der Waals surface area contributed by atoms with E-state index in [0.29, 0.717) is 21.6 Å². The van der Waals surface area contributed by atoms with Gasteiger partial charge in [-0.15, -0.1) is 0 Å². The maximum absolute atomic E-state index is 12.0. The van der Waals surface area contributed by atoms with Crippen molar-refractivity contribution in [2.24, 2.45) is 0 Å². The number of nitrogens with zero attached hydrogens (tertiary/aromatic N) is 2. The van der Waals surface area contributed by atoms with Gasteiger partial charge in [-0.3, -0.25) is 15.6 Å². The average Bonchev–Trinajstić information content (AvgIpc) is 2.74. The molecule has 0 saturated carbocycles. The molecular formula is C20H20Cl2N6O2. The molecule has 1 aromatic heterocycles. The number of aromatic nitrogens is 2. The van der Waals surface area contributed by atoms with Crippen LogP contribution in [0.4, 0.5) is 23.0 Å². The Balaban J connectivity index is 1.57. The predicted octanol–water partition coefficient (Wildman–Crippen LogP) is 4.19. The van der Waals surface area contributed by atoms with Crippen LogP contribution in [0.5, 0.6) is 5.75 Å². The number of anilines is 4. The first-order valence-electron chi connectivity index (χ1n) is 9.05. The number of nitrogens with one attached hydrogen (secondary N) is 3. The minimum Gasteiger partial charge on any atom is -0.482 e. The summed E-state index contributed by atoms with van der Waals surface area (Å²) in [5, 5.41) is 3.92. The van der Waals surface area contributed by atoms with Crippen molar-refractivity contribution in [3.8, 4) is 5.75 Å². The molecule has 0 fully saturated rings. The number of carbonyl (C=O) groups is 1. The number of carbonyl (C=O) groups excluding carboxylic acids is 1. The highest BCUT2D eigenvalue weighted by Gasteiger charge is 2.11. The molecule has 0 unspecified atom stereocenters. The molecule has 0 atom stereocenters. The van der Waals surface area contributed by atoms with E-state index in [1.807, 2.05) is 24.3 Å². The minimum absolute atomic E-state index is 0.246. The normalized spacial score (nSPS) is 10.4. The Morgan fingerprint density at radius 1 is 1.10 bits per heavy atom. The van der Waals surface area contributed by atoms with E-state index in [9.17, 15) is 4.79 Å². The fourth-order valence-corrected chi connectivity index (χ4v) is 2.92. The molecule has 3 rings (SSSR count). The topological polar surface area (TPSA) is 114 Å². The predicted molar refractivity (Wildman–Crippen MR) is 119 cm³/mol. The molecule has 5 N–H and O–H groups in total. The van der Waals surface area contributed by atoms with Crippen LogP contribution in [0.1, 0.15) is 12.5 Å². The summed E-state index contributed by atoms with van der Waals surface area (Å²) in [6, 6.07) is 12.6. The van der Waals surface area contributed by atoms with E-state index < -0.39 is 5.91 Å². The summed E-state index contributed by atoms with van der Waals surface area (Å²) in [5.74, 6) is 0.549. The summed E-state index contributed by atoms with van der Waals surface area (Å²) in [7, 11) is 0. The molecular weight excluding hydrogens is 427 g/mol. The fourth-order valence-electron chi connectivity index (χ4n) is 2.46. The summed E-state index contributed by atoms with van der Waals surface area (Å²) in [4.78, 5) is 20.2. The standard InChI is InChI=1S/C20H20Cl2N6O2/c1-2-12-3-6-14(7-4-12)26-19-18(23)20(25-11-24-19)28-27-17(29)10-30-16-8-5-13(21)9-15(16)22/h3-9,11H,2,10,23H2,1H3,(H,27,29)(H2,24,25,26,28). The summed E-state index contributed by atoms with van der Waals surface area (Å²) < 4.78 is 5.37. The first kappa shape index (κ1) is 21.5. The van der Waals surface area contributed by atoms with Gasteiger partial charge in [0.05, 0.1) is 5.02 Å². The van der Waals surface area contributed by atoms with Crippen molar-refractivity contribution in [2.45, 2.75) is 13.3 Å². The molecule has 0 radical (unpaired) electrons. The van der Waals surface area contributed by atoms with Crippen LogP contribution in [0.25, 0.3) is 0 Å². The van der Waals surface area contributed by atoms with E-state index in [2.05, 4.69) is 33.1 Å². The van der Waals surface area contributed by atoms with Gasteiger partial charge in [-0.2, -0.15) is 0 Å². The molecule has 0 bridgehead atoms. The van der Waals surface area contributed by atoms with Gasteiger partial charge in [0, 0.05) is 10.7 Å². The number of halogens is 2. The number of nitrogens with two attached hydrogens (primary N) is 1. The van der Waals surface area contributed by atoms with Crippen LogP contribution >= 0.6 is 23.2 Å². The zero-order chi connectivity index (χ0) is 21.5. The second-order valence-electron chi connectivity index (χ2n) is 6.20. The smallest absolute Gasteiger partial charge is 0.276 e. The second kappa shape index (κ2) is 10.00. The highest BCUT2D eigenvalue weighted by Crippen LogP contribution is 2.27. The number of hydrogen-bond acceptors (Lipinski definition) is 7. The Hall–Kier alpha value is -3.23. The number of nitrogen functional groups attached to an aromatic ring is 1. The number of hydrazine groups is 1. The van der Waals surface area contributed by atoms with Gasteiger partial charge in [0.2, 0.25) is 0 Å². The molecule has 10 heteroatoms. The highest BCUT2D eigenvalue weighted by molar-refractivity contribution is 6.35. The van der Waals surface area contributed by atoms with Crippen LogP contribution < -0.4 is 26.6 Å². The third kappa shape index (κ3) is 5.65. The van der Waals surface area contributed by atoms with Gasteiger partial charge in [-0.05, 0) is 42.3 Å². The lowest BCUT2D eigenvalue weighted by Crippen LogP contribution is -2.34. The number of aryl methyl sites for hydroxylation is 1. The zero-order valence-corrected chi connectivity index (χ0v) is 17.6. The SMILES string of the molecule is CCc1ccc(Nc2ncnc(NNC(=O)COc3ccc(Cl)cc3Cl)c2N)cc1. The van der Waals surface area contributed by atoms with Crippen LogP contribution in [0.2, 0.25) is 10.0 Å². The minimum atomic E-state index is -0.455. The Morgan fingerprint density at radius 3 is 2.53 bits per heavy atom. The molecule has 30 heavy (non-hydrogen) atoms. The summed E-state index contributed by atoms with van der Waals surface area (Å²) >= 11 is 11.8. The first-order valence-corrected chi connectivity index (χ1v) is 9.81. The van der Waals surface area contributed by atoms with Crippen LogP contribution in [-0.4, -0.2) is 22.5 Å². The Kier molecular flexibility index (Phi) is 7.16. The van der Waals surface area contributed by atoms with Gasteiger partial charge >= 0.3 is 0 Å². The van der Waals surface area contributed by atoms with E-state index in [4.69, 9.17) is 33.7 Å². The van der Waals surface area contributed by atoms with Crippen molar-refractivity contribution in [3.63, 3.8) is 0 Å². The second-order valence-corrected chi connectivity index (χ2v) is 7.04. The van der Waals surface area contributed by atoms with Crippen molar-refractivity contribution >= 4 is 52.1 Å². The Morgan fingerprint density at radius 2 is 1.83 bits per heavy atom. The van der Waals surface area contributed by atoms with Gasteiger partial charge in [0.25, 0.3) is 5.91 Å². The van der Waals surface area contributed by atoms with Gasteiger partial charge in [-0.25, -0.2) is 9.97 Å². The van der Waals surface area contributed by atoms with Crippen LogP contribution in [0.15, 0.2) is 48.8 Å². The molecule has 2 aromatic carbocycles. The van der Waals surface area contributed by atoms with E-state index in [0.717, 1.165) is 12.1 Å². The monoisotopic (exact) mass is 446 g/mol. The van der Waals surface area contributed by atoms with Gasteiger partial charge in [0.1, 0.15) is 17.8 Å². The molecule has 0 saturated heterocycles. The molecule has 0 aliphatic rings. The van der Waals surface area contributed by atoms with Crippen molar-refractivity contribution < 1.29 is 9.53 Å². The summed E-state index contributed by atoms with van der Waals surface area (Å²) in [6.45, 7) is 1.82. The molecule has 3 aromatic rings. The van der Waals surface area contributed by atoms with Crippen molar-refractivity contribution in [3.05, 3.63) is 64.4 Å². The van der Waals surface area contributed by atoms with Crippen molar-refractivity contribution in [1.29, 1.82) is 0 Å². The lowest BCUT2D eigenvalue weighted by molar-refractivity contribution is -0.122. The third-order valence-electron chi connectivity index (χ3n) is 4.08. The fraction of sp³-hybridized carbons (Fsp3) is 0.150. The number of rotatable bonds is 8. The van der Waals surface area contributed by atoms with Crippen molar-refractivity contribution in [1.82, 2.24) is 15.4 Å². The quantitative estimate of drug-likeness (QED) is 0.383. The van der Waals surface area contributed by atoms with E-state index in [-0.39, 0.29) is 18.1 Å². The van der Waals surface area contributed by atoms with Crippen LogP contribution in [-0.2, 0) is 11.2 Å². The number of amides is 1. The summed E-state index contributed by atoms with van der Waals surface area (Å²) in [6.07, 6.45) is 2.29. The molecule has 0 aliphatic heterocycles. The maximum atomic E-state index is 12.0. The van der Waals surface area contributed by atoms with E-state index in [1.54, 1.807) is 12.1 Å². The zero-order valence-electron chi connectivity index (χ0n) is 16.1. The number of hydrogen-bond donors (Lipinski definition) is 4. The molecule has 8 nitrogen and oxygen atoms in total. The molecule has 1 heterocycles. The molecule has 1 amide bonds. The van der Waals surface area contributed by atoms with Crippen LogP contribution in [0, 0.1) is 0 Å². The average molecular weight is 447 g/mol. The van der Waals surface area contributed by atoms with E-state index >= 15 is 0 Å². The Bertz CT molecular complexity index is 1030. The summed E-state index contributed by atoms with van der Waals surface area (Å²) in [5.41, 5.74) is 13.6. The largest absolute Gasteiger partial charge is 0.482 e. The molecule has 0 aliphatic carbocycles. The van der Waals surface area contributed by atoms with Gasteiger partial charge in [0.15, 0.2) is 18.2 Å². The first-order chi connectivity index (χ1) is 14.5. The lowest BCUT2D eigenvalue weighted by atomic mass is 10.1. The van der Waals surface area contributed by atoms with Gasteiger partial charge in [-0.1, -0.05) is 42.3 Å². The lowest BCUT2D eigenvalue weighted by Gasteiger charge is -2.14. The van der Waals surface area contributed by atoms with Crippen molar-refractivity contribution in [2.75, 3.05) is 23.1 Å². The highest BCUT2D eigenvalue weighted by atomic mass is 35.5. The molecule has 156 valence electrons. The van der Waals surface area contributed by atoms with Gasteiger partial charge < -0.3 is 15.8 Å². The number of ether oxygens (including phenoxy) is 1. The van der Waals surface area contributed by atoms with E-state index in [1.165, 1.54) is 18.0 Å². The van der Waals surface area contributed by atoms with Crippen LogP contribution in [0.3, 0.4) is 0 Å². The Labute approximate surface area is 183 Å². The maximum Gasteiger partial charge on any atom is 0.276 e. The molecule has 0 spiro atoms. The third-order valence-corrected chi connectivity index (χ3v) is 4.61.